The monoisotopic (exact) mass is 353 g/mol. The number of rotatable bonds is 6. The van der Waals surface area contributed by atoms with Crippen LogP contribution >= 0.6 is 23.4 Å². The second-order valence-corrected chi connectivity index (χ2v) is 6.49. The molecule has 6 nitrogen and oxygen atoms in total. The molecule has 1 aromatic heterocycles. The number of likely N-dealkylation sites (tertiary alicyclic amines) is 1. The number of hydrogen-bond donors (Lipinski definition) is 0. The highest BCUT2D eigenvalue weighted by Crippen LogP contribution is 2.29. The highest BCUT2D eigenvalue weighted by Gasteiger charge is 2.22. The van der Waals surface area contributed by atoms with Gasteiger partial charge in [-0.15, -0.1) is 10.2 Å². The molecule has 2 aromatic rings. The molecule has 1 fully saturated rings. The van der Waals surface area contributed by atoms with Crippen LogP contribution in [0.15, 0.2) is 27.8 Å². The molecule has 8 heteroatoms. The summed E-state index contributed by atoms with van der Waals surface area (Å²) in [4.78, 5) is 13.3. The van der Waals surface area contributed by atoms with E-state index in [0.29, 0.717) is 34.9 Å². The van der Waals surface area contributed by atoms with E-state index in [-0.39, 0.29) is 5.91 Å². The maximum absolute atomic E-state index is 11.6. The lowest BCUT2D eigenvalue weighted by atomic mass is 10.2. The van der Waals surface area contributed by atoms with Gasteiger partial charge in [0.2, 0.25) is 11.8 Å². The first-order chi connectivity index (χ1) is 11.2. The van der Waals surface area contributed by atoms with E-state index in [1.165, 1.54) is 11.8 Å². The number of methoxy groups -OCH3 is 1. The van der Waals surface area contributed by atoms with Gasteiger partial charge in [0, 0.05) is 29.3 Å². The molecule has 0 bridgehead atoms. The van der Waals surface area contributed by atoms with Crippen LogP contribution < -0.4 is 4.74 Å². The molecule has 0 N–H and O–H groups in total. The lowest BCUT2D eigenvalue weighted by Crippen LogP contribution is -2.23. The highest BCUT2D eigenvalue weighted by atomic mass is 35.5. The van der Waals surface area contributed by atoms with Crippen LogP contribution in [0.4, 0.5) is 0 Å². The molecule has 2 heterocycles. The Bertz CT molecular complexity index is 707. The molecular weight excluding hydrogens is 338 g/mol. The summed E-state index contributed by atoms with van der Waals surface area (Å²) < 4.78 is 10.9. The molecule has 1 aliphatic rings. The van der Waals surface area contributed by atoms with Crippen molar-refractivity contribution in [2.75, 3.05) is 13.7 Å². The van der Waals surface area contributed by atoms with Crippen molar-refractivity contribution in [1.29, 1.82) is 0 Å². The lowest BCUT2D eigenvalue weighted by Gasteiger charge is -2.11. The minimum absolute atomic E-state index is 0.140. The normalized spacial score (nSPS) is 14.5. The summed E-state index contributed by atoms with van der Waals surface area (Å²) in [5.74, 6) is 1.97. The topological polar surface area (TPSA) is 68.5 Å². The summed E-state index contributed by atoms with van der Waals surface area (Å²) in [6.07, 6.45) is 1.49. The van der Waals surface area contributed by atoms with Gasteiger partial charge in [0.15, 0.2) is 0 Å². The first-order valence-corrected chi connectivity index (χ1v) is 8.57. The molecule has 0 aliphatic carbocycles. The fourth-order valence-electron chi connectivity index (χ4n) is 2.39. The average Bonchev–Trinajstić information content (AvgIpc) is 3.15. The van der Waals surface area contributed by atoms with E-state index in [1.54, 1.807) is 18.1 Å². The number of carbonyl (C=O) groups excluding carboxylic acids is 1. The average molecular weight is 354 g/mol. The number of halogens is 1. The van der Waals surface area contributed by atoms with Gasteiger partial charge in [-0.25, -0.2) is 0 Å². The number of hydrogen-bond acceptors (Lipinski definition) is 6. The van der Waals surface area contributed by atoms with Crippen LogP contribution in [0.1, 0.15) is 24.3 Å². The van der Waals surface area contributed by atoms with Gasteiger partial charge in [-0.05, 0) is 24.6 Å². The van der Waals surface area contributed by atoms with Crippen molar-refractivity contribution in [2.24, 2.45) is 0 Å². The first-order valence-electron chi connectivity index (χ1n) is 7.21. The third-order valence-corrected chi connectivity index (χ3v) is 4.64. The van der Waals surface area contributed by atoms with Gasteiger partial charge >= 0.3 is 0 Å². The summed E-state index contributed by atoms with van der Waals surface area (Å²) >= 11 is 7.42. The van der Waals surface area contributed by atoms with Crippen LogP contribution in [0.3, 0.4) is 0 Å². The van der Waals surface area contributed by atoms with E-state index < -0.39 is 0 Å². The summed E-state index contributed by atoms with van der Waals surface area (Å²) in [6.45, 7) is 1.14. The third kappa shape index (κ3) is 3.97. The molecule has 3 rings (SSSR count). The Balaban J connectivity index is 1.61. The van der Waals surface area contributed by atoms with E-state index in [4.69, 9.17) is 20.8 Å². The Kier molecular flexibility index (Phi) is 5.07. The number of thioether (sulfide) groups is 1. The van der Waals surface area contributed by atoms with E-state index >= 15 is 0 Å². The van der Waals surface area contributed by atoms with Crippen LogP contribution in [-0.2, 0) is 17.1 Å². The summed E-state index contributed by atoms with van der Waals surface area (Å²) in [6, 6.07) is 5.47. The summed E-state index contributed by atoms with van der Waals surface area (Å²) in [5, 5.41) is 9.13. The Labute approximate surface area is 143 Å². The molecule has 122 valence electrons. The molecule has 1 aliphatic heterocycles. The van der Waals surface area contributed by atoms with Crippen molar-refractivity contribution < 1.29 is 13.9 Å². The highest BCUT2D eigenvalue weighted by molar-refractivity contribution is 7.98. The van der Waals surface area contributed by atoms with Crippen molar-refractivity contribution >= 4 is 29.3 Å². The number of ether oxygens (including phenoxy) is 1. The maximum atomic E-state index is 11.6. The number of benzene rings is 1. The van der Waals surface area contributed by atoms with E-state index in [2.05, 4.69) is 10.2 Å². The molecule has 0 atom stereocenters. The predicted molar refractivity (Wildman–Crippen MR) is 86.5 cm³/mol. The molecule has 0 unspecified atom stereocenters. The van der Waals surface area contributed by atoms with Crippen molar-refractivity contribution in [2.45, 2.75) is 30.4 Å². The molecule has 0 spiro atoms. The van der Waals surface area contributed by atoms with Crippen molar-refractivity contribution in [1.82, 2.24) is 15.1 Å². The van der Waals surface area contributed by atoms with Crippen molar-refractivity contribution in [3.8, 4) is 5.75 Å². The minimum Gasteiger partial charge on any atom is -0.496 e. The van der Waals surface area contributed by atoms with Crippen molar-refractivity contribution in [3.63, 3.8) is 0 Å². The largest absolute Gasteiger partial charge is 0.496 e. The smallest absolute Gasteiger partial charge is 0.276 e. The number of aromatic nitrogens is 2. The fourth-order valence-corrected chi connectivity index (χ4v) is 3.35. The van der Waals surface area contributed by atoms with Gasteiger partial charge in [-0.2, -0.15) is 0 Å². The third-order valence-electron chi connectivity index (χ3n) is 3.54. The van der Waals surface area contributed by atoms with Gasteiger partial charge in [0.05, 0.1) is 13.7 Å². The van der Waals surface area contributed by atoms with E-state index in [0.717, 1.165) is 24.3 Å². The van der Waals surface area contributed by atoms with Crippen LogP contribution in [0.2, 0.25) is 5.02 Å². The standard InChI is InChI=1S/C15H16ClN3O3S/c1-21-12-5-4-11(16)7-10(12)9-23-15-18-17-13(22-15)8-19-6-2-3-14(19)20/h4-5,7H,2-3,6,8-9H2,1H3. The second-order valence-electron chi connectivity index (χ2n) is 5.13. The van der Waals surface area contributed by atoms with Gasteiger partial charge in [-0.1, -0.05) is 23.4 Å². The Morgan fingerprint density at radius 1 is 1.43 bits per heavy atom. The molecule has 1 amide bonds. The number of carbonyl (C=O) groups is 1. The number of nitrogens with zero attached hydrogens (tertiary/aromatic N) is 3. The fraction of sp³-hybridized carbons (Fsp3) is 0.400. The first kappa shape index (κ1) is 16.1. The van der Waals surface area contributed by atoms with Crippen LogP contribution in [0, 0.1) is 0 Å². The Hall–Kier alpha value is -1.73. The maximum Gasteiger partial charge on any atom is 0.276 e. The zero-order valence-electron chi connectivity index (χ0n) is 12.6. The molecule has 1 saturated heterocycles. The quantitative estimate of drug-likeness (QED) is 0.743. The molecule has 23 heavy (non-hydrogen) atoms. The van der Waals surface area contributed by atoms with Crippen molar-refractivity contribution in [3.05, 3.63) is 34.7 Å². The predicted octanol–water partition coefficient (Wildman–Crippen LogP) is 3.15. The zero-order chi connectivity index (χ0) is 16.2. The Morgan fingerprint density at radius 3 is 3.04 bits per heavy atom. The number of amides is 1. The second kappa shape index (κ2) is 7.23. The van der Waals surface area contributed by atoms with Gasteiger partial charge in [0.25, 0.3) is 5.22 Å². The SMILES string of the molecule is COc1ccc(Cl)cc1CSc1nnc(CN2CCCC2=O)o1. The van der Waals surface area contributed by atoms with E-state index in [9.17, 15) is 4.79 Å². The Morgan fingerprint density at radius 2 is 2.30 bits per heavy atom. The van der Waals surface area contributed by atoms with Gasteiger partial charge in [0.1, 0.15) is 5.75 Å². The zero-order valence-corrected chi connectivity index (χ0v) is 14.2. The molecular formula is C15H16ClN3O3S. The minimum atomic E-state index is 0.140. The molecule has 1 aromatic carbocycles. The van der Waals surface area contributed by atoms with Gasteiger partial charge in [-0.3, -0.25) is 4.79 Å². The van der Waals surface area contributed by atoms with Crippen LogP contribution in [0.5, 0.6) is 5.75 Å². The summed E-state index contributed by atoms with van der Waals surface area (Å²) in [7, 11) is 1.62. The molecule has 0 radical (unpaired) electrons. The summed E-state index contributed by atoms with van der Waals surface area (Å²) in [5.41, 5.74) is 0.958. The van der Waals surface area contributed by atoms with Gasteiger partial charge < -0.3 is 14.1 Å². The lowest BCUT2D eigenvalue weighted by molar-refractivity contribution is -0.128. The molecule has 0 saturated carbocycles. The van der Waals surface area contributed by atoms with Crippen LogP contribution in [0.25, 0.3) is 0 Å². The van der Waals surface area contributed by atoms with Crippen LogP contribution in [-0.4, -0.2) is 34.7 Å². The van der Waals surface area contributed by atoms with E-state index in [1.807, 2.05) is 12.1 Å².